The molecule has 0 amide bonds. The number of hydrogen-bond acceptors (Lipinski definition) is 1. The molecule has 0 fully saturated rings. The first-order valence-corrected chi connectivity index (χ1v) is 4.51. The number of rotatable bonds is 1. The molecule has 2 aromatic rings. The highest BCUT2D eigenvalue weighted by molar-refractivity contribution is 6.31. The van der Waals surface area contributed by atoms with Gasteiger partial charge in [0.05, 0.1) is 6.10 Å². The van der Waals surface area contributed by atoms with E-state index in [9.17, 15) is 5.11 Å². The van der Waals surface area contributed by atoms with E-state index >= 15 is 0 Å². The van der Waals surface area contributed by atoms with Gasteiger partial charge in [-0.2, -0.15) is 0 Å². The highest BCUT2D eigenvalue weighted by Gasteiger charge is 2.07. The van der Waals surface area contributed by atoms with E-state index in [4.69, 9.17) is 11.6 Å². The molecule has 2 rings (SSSR count). The van der Waals surface area contributed by atoms with E-state index in [2.05, 4.69) is 4.98 Å². The topological polar surface area (TPSA) is 36.0 Å². The van der Waals surface area contributed by atoms with Gasteiger partial charge in [0.15, 0.2) is 0 Å². The Bertz CT molecular complexity index is 433. The van der Waals surface area contributed by atoms with Crippen LogP contribution in [0.3, 0.4) is 0 Å². The lowest BCUT2D eigenvalue weighted by atomic mass is 10.1. The Labute approximate surface area is 81.1 Å². The number of halogens is 1. The van der Waals surface area contributed by atoms with Crippen LogP contribution in [0.25, 0.3) is 10.9 Å². The van der Waals surface area contributed by atoms with Crippen LogP contribution in [-0.2, 0) is 0 Å². The third-order valence-electron chi connectivity index (χ3n) is 2.13. The van der Waals surface area contributed by atoms with Gasteiger partial charge in [-0.3, -0.25) is 0 Å². The molecular weight excluding hydrogens is 186 g/mol. The number of aliphatic hydroxyl groups excluding tert-OH is 1. The van der Waals surface area contributed by atoms with Gasteiger partial charge in [0.1, 0.15) is 0 Å². The molecule has 1 atom stereocenters. The Morgan fingerprint density at radius 1 is 1.46 bits per heavy atom. The van der Waals surface area contributed by atoms with Gasteiger partial charge in [0.25, 0.3) is 0 Å². The maximum absolute atomic E-state index is 9.44. The van der Waals surface area contributed by atoms with Crippen LogP contribution in [0.2, 0.25) is 5.02 Å². The van der Waals surface area contributed by atoms with Gasteiger partial charge in [0.2, 0.25) is 0 Å². The van der Waals surface area contributed by atoms with Gasteiger partial charge < -0.3 is 10.1 Å². The number of aromatic nitrogens is 1. The number of H-pyrrole nitrogens is 1. The molecule has 2 nitrogen and oxygen atoms in total. The van der Waals surface area contributed by atoms with Crippen LogP contribution in [0.15, 0.2) is 24.4 Å². The Morgan fingerprint density at radius 2 is 2.23 bits per heavy atom. The molecule has 68 valence electrons. The summed E-state index contributed by atoms with van der Waals surface area (Å²) in [4.78, 5) is 3.08. The third kappa shape index (κ3) is 1.43. The van der Waals surface area contributed by atoms with Gasteiger partial charge in [-0.25, -0.2) is 0 Å². The number of aliphatic hydroxyl groups is 1. The van der Waals surface area contributed by atoms with Gasteiger partial charge in [-0.1, -0.05) is 11.6 Å². The normalized spacial score (nSPS) is 13.5. The van der Waals surface area contributed by atoms with Crippen molar-refractivity contribution in [2.24, 2.45) is 0 Å². The average Bonchev–Trinajstić information content (AvgIpc) is 2.46. The lowest BCUT2D eigenvalue weighted by molar-refractivity contribution is 0.201. The van der Waals surface area contributed by atoms with Crippen LogP contribution < -0.4 is 0 Å². The number of benzene rings is 1. The minimum absolute atomic E-state index is 0.466. The second-order valence-electron chi connectivity index (χ2n) is 3.11. The Hall–Kier alpha value is -0.990. The second-order valence-corrected chi connectivity index (χ2v) is 3.55. The smallest absolute Gasteiger partial charge is 0.0782 e. The van der Waals surface area contributed by atoms with E-state index in [0.29, 0.717) is 5.02 Å². The van der Waals surface area contributed by atoms with E-state index in [-0.39, 0.29) is 0 Å². The van der Waals surface area contributed by atoms with Crippen LogP contribution in [-0.4, -0.2) is 10.1 Å². The molecule has 0 bridgehead atoms. The minimum Gasteiger partial charge on any atom is -0.389 e. The first-order valence-electron chi connectivity index (χ1n) is 4.13. The number of nitrogens with one attached hydrogen (secondary N) is 1. The van der Waals surface area contributed by atoms with Crippen molar-refractivity contribution >= 4 is 22.5 Å². The summed E-state index contributed by atoms with van der Waals surface area (Å²) in [5.74, 6) is 0. The van der Waals surface area contributed by atoms with E-state index in [1.54, 1.807) is 6.92 Å². The first kappa shape index (κ1) is 8.60. The zero-order valence-electron chi connectivity index (χ0n) is 7.21. The molecule has 0 unspecified atom stereocenters. The van der Waals surface area contributed by atoms with Crippen LogP contribution >= 0.6 is 11.6 Å². The molecule has 1 heterocycles. The van der Waals surface area contributed by atoms with Crippen LogP contribution in [0, 0.1) is 0 Å². The quantitative estimate of drug-likeness (QED) is 0.721. The fourth-order valence-electron chi connectivity index (χ4n) is 1.46. The van der Waals surface area contributed by atoms with Crippen molar-refractivity contribution in [2.45, 2.75) is 13.0 Å². The van der Waals surface area contributed by atoms with Crippen molar-refractivity contribution in [2.75, 3.05) is 0 Å². The lowest BCUT2D eigenvalue weighted by Crippen LogP contribution is -1.87. The second kappa shape index (κ2) is 3.05. The maximum atomic E-state index is 9.44. The SMILES string of the molecule is C[C@H](O)c1c[nH]c2ccc(Cl)cc12. The fourth-order valence-corrected chi connectivity index (χ4v) is 1.63. The van der Waals surface area contributed by atoms with E-state index in [1.165, 1.54) is 0 Å². The predicted octanol–water partition coefficient (Wildman–Crippen LogP) is 2.87. The Morgan fingerprint density at radius 3 is 2.92 bits per heavy atom. The van der Waals surface area contributed by atoms with Crippen LogP contribution in [0.4, 0.5) is 0 Å². The Kier molecular flexibility index (Phi) is 2.02. The van der Waals surface area contributed by atoms with Gasteiger partial charge in [0, 0.05) is 27.7 Å². The van der Waals surface area contributed by atoms with E-state index < -0.39 is 6.10 Å². The zero-order valence-corrected chi connectivity index (χ0v) is 7.97. The number of hydrogen-bond donors (Lipinski definition) is 2. The summed E-state index contributed by atoms with van der Waals surface area (Å²) in [6.07, 6.45) is 1.35. The molecule has 0 aliphatic carbocycles. The standard InChI is InChI=1S/C10H10ClNO/c1-6(13)9-5-12-10-3-2-7(11)4-8(9)10/h2-6,12-13H,1H3/t6-/m0/s1. The highest BCUT2D eigenvalue weighted by atomic mass is 35.5. The first-order chi connectivity index (χ1) is 6.18. The molecule has 13 heavy (non-hydrogen) atoms. The van der Waals surface area contributed by atoms with Crippen molar-refractivity contribution in [3.8, 4) is 0 Å². The van der Waals surface area contributed by atoms with Crippen LogP contribution in [0.5, 0.6) is 0 Å². The van der Waals surface area contributed by atoms with Crippen molar-refractivity contribution < 1.29 is 5.11 Å². The van der Waals surface area contributed by atoms with Crippen molar-refractivity contribution in [3.05, 3.63) is 35.0 Å². The molecule has 2 N–H and O–H groups in total. The summed E-state index contributed by atoms with van der Waals surface area (Å²) >= 11 is 5.86. The molecule has 0 saturated carbocycles. The minimum atomic E-state index is -0.466. The summed E-state index contributed by atoms with van der Waals surface area (Å²) in [6.45, 7) is 1.74. The Balaban J connectivity index is 2.71. The van der Waals surface area contributed by atoms with Crippen molar-refractivity contribution in [1.29, 1.82) is 0 Å². The molecule has 1 aromatic carbocycles. The monoisotopic (exact) mass is 195 g/mol. The lowest BCUT2D eigenvalue weighted by Gasteiger charge is -2.01. The van der Waals surface area contributed by atoms with E-state index in [0.717, 1.165) is 16.5 Å². The van der Waals surface area contributed by atoms with Crippen LogP contribution in [0.1, 0.15) is 18.6 Å². The summed E-state index contributed by atoms with van der Waals surface area (Å²) < 4.78 is 0. The maximum Gasteiger partial charge on any atom is 0.0782 e. The highest BCUT2D eigenvalue weighted by Crippen LogP contribution is 2.26. The van der Waals surface area contributed by atoms with Gasteiger partial charge >= 0.3 is 0 Å². The molecule has 0 radical (unpaired) electrons. The molecular formula is C10H10ClNO. The van der Waals surface area contributed by atoms with Crippen molar-refractivity contribution in [1.82, 2.24) is 4.98 Å². The summed E-state index contributed by atoms with van der Waals surface area (Å²) in [7, 11) is 0. The summed E-state index contributed by atoms with van der Waals surface area (Å²) in [5, 5.41) is 11.1. The van der Waals surface area contributed by atoms with E-state index in [1.807, 2.05) is 24.4 Å². The zero-order chi connectivity index (χ0) is 9.42. The molecule has 0 aliphatic heterocycles. The molecule has 1 aromatic heterocycles. The summed E-state index contributed by atoms with van der Waals surface area (Å²) in [6, 6.07) is 5.59. The predicted molar refractivity (Wildman–Crippen MR) is 53.9 cm³/mol. The molecule has 0 spiro atoms. The molecule has 0 saturated heterocycles. The number of aromatic amines is 1. The summed E-state index contributed by atoms with van der Waals surface area (Å²) in [5.41, 5.74) is 1.89. The number of fused-ring (bicyclic) bond motifs is 1. The molecule has 0 aliphatic rings. The third-order valence-corrected chi connectivity index (χ3v) is 2.36. The van der Waals surface area contributed by atoms with Gasteiger partial charge in [-0.05, 0) is 25.1 Å². The largest absolute Gasteiger partial charge is 0.389 e. The van der Waals surface area contributed by atoms with Gasteiger partial charge in [-0.15, -0.1) is 0 Å². The molecule has 3 heteroatoms. The fraction of sp³-hybridized carbons (Fsp3) is 0.200. The van der Waals surface area contributed by atoms with Crippen molar-refractivity contribution in [3.63, 3.8) is 0 Å². The average molecular weight is 196 g/mol.